The second-order valence-corrected chi connectivity index (χ2v) is 3.69. The molecule has 1 rings (SSSR count). The zero-order chi connectivity index (χ0) is 8.27. The third-order valence-corrected chi connectivity index (χ3v) is 2.40. The van der Waals surface area contributed by atoms with E-state index in [0.29, 0.717) is 0 Å². The number of rotatable bonds is 3. The minimum absolute atomic E-state index is 1.09. The molecule has 0 unspecified atom stereocenters. The summed E-state index contributed by atoms with van der Waals surface area (Å²) in [6, 6.07) is 2.23. The molecule has 1 aromatic heterocycles. The van der Waals surface area contributed by atoms with Crippen molar-refractivity contribution in [1.82, 2.24) is 4.98 Å². The Bertz CT molecular complexity index is 227. The average Bonchev–Trinajstić information content (AvgIpc) is 2.26. The largest absolute Gasteiger partial charge is 0.362 e. The van der Waals surface area contributed by atoms with Crippen molar-refractivity contribution in [1.29, 1.82) is 0 Å². The van der Waals surface area contributed by atoms with Crippen LogP contribution in [0.3, 0.4) is 0 Å². The SMILES string of the molecule is Cc1cc(CCCBr)c(C)[nH]1. The minimum Gasteiger partial charge on any atom is -0.362 e. The molecule has 11 heavy (non-hydrogen) atoms. The number of aromatic amines is 1. The Kier molecular flexibility index (Phi) is 3.18. The van der Waals surface area contributed by atoms with Crippen LogP contribution < -0.4 is 0 Å². The number of aromatic nitrogens is 1. The van der Waals surface area contributed by atoms with Crippen LogP contribution in [0, 0.1) is 13.8 Å². The Hall–Kier alpha value is -0.240. The van der Waals surface area contributed by atoms with E-state index in [1.165, 1.54) is 29.8 Å². The van der Waals surface area contributed by atoms with E-state index in [0.717, 1.165) is 5.33 Å². The van der Waals surface area contributed by atoms with Crippen LogP contribution in [0.1, 0.15) is 23.4 Å². The van der Waals surface area contributed by atoms with Gasteiger partial charge in [-0.05, 0) is 38.3 Å². The van der Waals surface area contributed by atoms with Gasteiger partial charge in [-0.1, -0.05) is 15.9 Å². The molecule has 1 N–H and O–H groups in total. The van der Waals surface area contributed by atoms with Crippen molar-refractivity contribution in [2.24, 2.45) is 0 Å². The second kappa shape index (κ2) is 3.96. The Morgan fingerprint density at radius 1 is 1.45 bits per heavy atom. The van der Waals surface area contributed by atoms with E-state index in [1.54, 1.807) is 0 Å². The lowest BCUT2D eigenvalue weighted by atomic mass is 10.1. The van der Waals surface area contributed by atoms with Gasteiger partial charge in [-0.2, -0.15) is 0 Å². The van der Waals surface area contributed by atoms with Crippen molar-refractivity contribution >= 4 is 15.9 Å². The Morgan fingerprint density at radius 2 is 2.18 bits per heavy atom. The Morgan fingerprint density at radius 3 is 2.64 bits per heavy atom. The van der Waals surface area contributed by atoms with Gasteiger partial charge < -0.3 is 4.98 Å². The highest BCUT2D eigenvalue weighted by Gasteiger charge is 1.99. The maximum absolute atomic E-state index is 3.43. The van der Waals surface area contributed by atoms with Gasteiger partial charge in [0.2, 0.25) is 0 Å². The molecule has 0 fully saturated rings. The lowest BCUT2D eigenvalue weighted by molar-refractivity contribution is 0.929. The predicted octanol–water partition coefficient (Wildman–Crippen LogP) is 2.96. The van der Waals surface area contributed by atoms with Crippen LogP contribution in [0.4, 0.5) is 0 Å². The smallest absolute Gasteiger partial charge is 0.0150 e. The molecule has 2 heteroatoms. The van der Waals surface area contributed by atoms with E-state index in [1.807, 2.05) is 0 Å². The highest BCUT2D eigenvalue weighted by atomic mass is 79.9. The van der Waals surface area contributed by atoms with Gasteiger partial charge in [-0.3, -0.25) is 0 Å². The van der Waals surface area contributed by atoms with E-state index >= 15 is 0 Å². The number of aryl methyl sites for hydroxylation is 3. The molecule has 0 bridgehead atoms. The normalized spacial score (nSPS) is 10.5. The molecule has 0 aliphatic rings. The van der Waals surface area contributed by atoms with Crippen molar-refractivity contribution in [3.05, 3.63) is 23.0 Å². The van der Waals surface area contributed by atoms with Gasteiger partial charge in [-0.15, -0.1) is 0 Å². The molecule has 0 spiro atoms. The number of H-pyrrole nitrogens is 1. The van der Waals surface area contributed by atoms with Crippen LogP contribution in [-0.2, 0) is 6.42 Å². The third kappa shape index (κ3) is 2.37. The van der Waals surface area contributed by atoms with Gasteiger partial charge in [0.05, 0.1) is 0 Å². The lowest BCUT2D eigenvalue weighted by Gasteiger charge is -1.95. The monoisotopic (exact) mass is 215 g/mol. The van der Waals surface area contributed by atoms with E-state index in [9.17, 15) is 0 Å². The summed E-state index contributed by atoms with van der Waals surface area (Å²) in [7, 11) is 0. The number of nitrogens with one attached hydrogen (secondary N) is 1. The van der Waals surface area contributed by atoms with Gasteiger partial charge in [0, 0.05) is 16.7 Å². The topological polar surface area (TPSA) is 15.8 Å². The fourth-order valence-electron chi connectivity index (χ4n) is 1.30. The first-order chi connectivity index (χ1) is 5.24. The lowest BCUT2D eigenvalue weighted by Crippen LogP contribution is -1.85. The van der Waals surface area contributed by atoms with Crippen molar-refractivity contribution in [3.8, 4) is 0 Å². The Labute approximate surface area is 76.3 Å². The van der Waals surface area contributed by atoms with Crippen LogP contribution in [-0.4, -0.2) is 10.3 Å². The van der Waals surface area contributed by atoms with Crippen molar-refractivity contribution < 1.29 is 0 Å². The average molecular weight is 216 g/mol. The van der Waals surface area contributed by atoms with E-state index in [-0.39, 0.29) is 0 Å². The molecule has 1 heterocycles. The molecular weight excluding hydrogens is 202 g/mol. The summed E-state index contributed by atoms with van der Waals surface area (Å²) in [5.74, 6) is 0. The molecule has 0 saturated carbocycles. The number of hydrogen-bond acceptors (Lipinski definition) is 0. The minimum atomic E-state index is 1.09. The standard InChI is InChI=1S/C9H14BrN/c1-7-6-9(4-3-5-10)8(2)11-7/h6,11H,3-5H2,1-2H3. The van der Waals surface area contributed by atoms with Gasteiger partial charge in [0.15, 0.2) is 0 Å². The van der Waals surface area contributed by atoms with Gasteiger partial charge in [0.25, 0.3) is 0 Å². The number of halogens is 1. The summed E-state index contributed by atoms with van der Waals surface area (Å²) < 4.78 is 0. The zero-order valence-corrected chi connectivity index (χ0v) is 8.66. The number of hydrogen-bond donors (Lipinski definition) is 1. The highest BCUT2D eigenvalue weighted by molar-refractivity contribution is 9.09. The second-order valence-electron chi connectivity index (χ2n) is 2.90. The molecule has 1 nitrogen and oxygen atoms in total. The summed E-state index contributed by atoms with van der Waals surface area (Å²) >= 11 is 3.43. The molecule has 0 radical (unpaired) electrons. The van der Waals surface area contributed by atoms with Crippen LogP contribution in [0.15, 0.2) is 6.07 Å². The van der Waals surface area contributed by atoms with Gasteiger partial charge in [0.1, 0.15) is 0 Å². The molecule has 62 valence electrons. The van der Waals surface area contributed by atoms with E-state index in [2.05, 4.69) is 40.8 Å². The van der Waals surface area contributed by atoms with Crippen molar-refractivity contribution in [2.75, 3.05) is 5.33 Å². The van der Waals surface area contributed by atoms with Crippen molar-refractivity contribution in [3.63, 3.8) is 0 Å². The first-order valence-electron chi connectivity index (χ1n) is 3.95. The summed E-state index contributed by atoms with van der Waals surface area (Å²) in [6.45, 7) is 4.24. The fraction of sp³-hybridized carbons (Fsp3) is 0.556. The summed E-state index contributed by atoms with van der Waals surface area (Å²) in [6.07, 6.45) is 2.40. The maximum Gasteiger partial charge on any atom is 0.0150 e. The molecule has 0 saturated heterocycles. The number of alkyl halides is 1. The van der Waals surface area contributed by atoms with Crippen LogP contribution in [0.2, 0.25) is 0 Å². The molecule has 0 amide bonds. The zero-order valence-electron chi connectivity index (χ0n) is 7.08. The predicted molar refractivity (Wildman–Crippen MR) is 52.4 cm³/mol. The maximum atomic E-state index is 3.43. The van der Waals surface area contributed by atoms with Gasteiger partial charge >= 0.3 is 0 Å². The molecule has 1 aromatic rings. The van der Waals surface area contributed by atoms with Crippen LogP contribution in [0.25, 0.3) is 0 Å². The molecule has 0 aromatic carbocycles. The molecular formula is C9H14BrN. The fourth-order valence-corrected chi connectivity index (χ4v) is 1.58. The molecule has 0 atom stereocenters. The van der Waals surface area contributed by atoms with E-state index < -0.39 is 0 Å². The van der Waals surface area contributed by atoms with Crippen molar-refractivity contribution in [2.45, 2.75) is 26.7 Å². The quantitative estimate of drug-likeness (QED) is 0.747. The first kappa shape index (κ1) is 8.85. The molecule has 0 aliphatic heterocycles. The summed E-state index contributed by atoms with van der Waals surface area (Å²) in [5, 5.41) is 1.09. The van der Waals surface area contributed by atoms with Crippen LogP contribution >= 0.6 is 15.9 Å². The summed E-state index contributed by atoms with van der Waals surface area (Å²) in [4.78, 5) is 3.30. The highest BCUT2D eigenvalue weighted by Crippen LogP contribution is 2.11. The summed E-state index contributed by atoms with van der Waals surface area (Å²) in [5.41, 5.74) is 4.05. The first-order valence-corrected chi connectivity index (χ1v) is 5.07. The third-order valence-electron chi connectivity index (χ3n) is 1.84. The van der Waals surface area contributed by atoms with E-state index in [4.69, 9.17) is 0 Å². The van der Waals surface area contributed by atoms with Gasteiger partial charge in [-0.25, -0.2) is 0 Å². The van der Waals surface area contributed by atoms with Crippen LogP contribution in [0.5, 0.6) is 0 Å². The Balaban J connectivity index is 2.62. The molecule has 0 aliphatic carbocycles.